The number of alkyl halides is 2. The van der Waals surface area contributed by atoms with Crippen LogP contribution in [0.2, 0.25) is 0 Å². The summed E-state index contributed by atoms with van der Waals surface area (Å²) in [6.45, 7) is -3.30. The fourth-order valence-corrected chi connectivity index (χ4v) is 2.25. The molecule has 0 radical (unpaired) electrons. The second-order valence-corrected chi connectivity index (χ2v) is 5.45. The summed E-state index contributed by atoms with van der Waals surface area (Å²) in [5, 5.41) is 14.0. The first-order valence-electron chi connectivity index (χ1n) is 8.14. The minimum absolute atomic E-state index is 0.0891. The molecule has 0 saturated carbocycles. The maximum atomic E-state index is 12.3. The molecule has 0 aliphatic rings. The van der Waals surface area contributed by atoms with E-state index in [-0.39, 0.29) is 23.7 Å². The molecular weight excluding hydrogens is 378 g/mol. The Morgan fingerprint density at radius 2 is 2.00 bits per heavy atom. The fraction of sp³-hybridized carbons (Fsp3) is 0.278. The molecule has 150 valence electrons. The number of rotatable bonds is 9. The Labute approximate surface area is 159 Å². The van der Waals surface area contributed by atoms with E-state index in [0.29, 0.717) is 16.7 Å². The second-order valence-electron chi connectivity index (χ2n) is 5.45. The average Bonchev–Trinajstić information content (AvgIpc) is 2.67. The fourth-order valence-electron chi connectivity index (χ4n) is 2.25. The molecule has 1 N–H and O–H groups in total. The molecule has 1 amide bonds. The van der Waals surface area contributed by atoms with Crippen molar-refractivity contribution in [1.82, 2.24) is 5.32 Å². The summed E-state index contributed by atoms with van der Waals surface area (Å²) >= 11 is 0. The molecule has 8 nitrogen and oxygen atoms in total. The SMILES string of the molecule is COc1cc(CCNC(=O)COC(=O)c2cccc[n+]2[O-])ccc1OC(F)F. The number of carbonyl (C=O) groups is 2. The molecule has 0 aliphatic carbocycles. The first-order valence-corrected chi connectivity index (χ1v) is 8.14. The van der Waals surface area contributed by atoms with Crippen molar-refractivity contribution in [2.75, 3.05) is 20.3 Å². The van der Waals surface area contributed by atoms with E-state index in [4.69, 9.17) is 9.47 Å². The lowest BCUT2D eigenvalue weighted by Gasteiger charge is -2.11. The van der Waals surface area contributed by atoms with Crippen LogP contribution in [0.5, 0.6) is 11.5 Å². The Hall–Kier alpha value is -3.43. The Morgan fingerprint density at radius 1 is 1.21 bits per heavy atom. The van der Waals surface area contributed by atoms with E-state index in [2.05, 4.69) is 10.1 Å². The summed E-state index contributed by atoms with van der Waals surface area (Å²) in [6, 6.07) is 8.67. The van der Waals surface area contributed by atoms with Crippen LogP contribution in [-0.2, 0) is 16.0 Å². The number of nitrogens with zero attached hydrogens (tertiary/aromatic N) is 1. The zero-order valence-corrected chi connectivity index (χ0v) is 14.9. The summed E-state index contributed by atoms with van der Waals surface area (Å²) in [4.78, 5) is 23.5. The summed E-state index contributed by atoms with van der Waals surface area (Å²) < 4.78 is 39.1. The van der Waals surface area contributed by atoms with Gasteiger partial charge in [-0.05, 0) is 30.2 Å². The first-order chi connectivity index (χ1) is 13.4. The van der Waals surface area contributed by atoms with E-state index in [0.717, 1.165) is 6.20 Å². The molecule has 0 spiro atoms. The number of amides is 1. The Bertz CT molecular complexity index is 831. The number of hydrogen-bond acceptors (Lipinski definition) is 6. The van der Waals surface area contributed by atoms with E-state index >= 15 is 0 Å². The molecule has 2 aromatic rings. The van der Waals surface area contributed by atoms with Gasteiger partial charge in [0.15, 0.2) is 24.3 Å². The Morgan fingerprint density at radius 3 is 2.68 bits per heavy atom. The van der Waals surface area contributed by atoms with Gasteiger partial charge in [-0.2, -0.15) is 13.5 Å². The number of aromatic nitrogens is 1. The van der Waals surface area contributed by atoms with Crippen LogP contribution in [0.4, 0.5) is 8.78 Å². The number of hydrogen-bond donors (Lipinski definition) is 1. The second kappa shape index (κ2) is 10.0. The van der Waals surface area contributed by atoms with E-state index in [1.807, 2.05) is 0 Å². The molecule has 0 bridgehead atoms. The van der Waals surface area contributed by atoms with Gasteiger partial charge in [0.2, 0.25) is 0 Å². The van der Waals surface area contributed by atoms with Crippen LogP contribution < -0.4 is 19.5 Å². The number of nitrogens with one attached hydrogen (secondary N) is 1. The van der Waals surface area contributed by atoms with Crippen LogP contribution in [0.25, 0.3) is 0 Å². The molecule has 0 aliphatic heterocycles. The predicted octanol–water partition coefficient (Wildman–Crippen LogP) is 1.45. The normalized spacial score (nSPS) is 10.4. The highest BCUT2D eigenvalue weighted by Gasteiger charge is 2.18. The van der Waals surface area contributed by atoms with Crippen LogP contribution in [0.3, 0.4) is 0 Å². The van der Waals surface area contributed by atoms with Crippen molar-refractivity contribution < 1.29 is 37.3 Å². The molecule has 0 saturated heterocycles. The molecular formula is C18H18F2N2O6. The van der Waals surface area contributed by atoms with Gasteiger partial charge in [-0.15, -0.1) is 0 Å². The minimum atomic E-state index is -2.96. The molecule has 2 rings (SSSR count). The van der Waals surface area contributed by atoms with Crippen molar-refractivity contribution in [3.63, 3.8) is 0 Å². The van der Waals surface area contributed by atoms with E-state index in [1.165, 1.54) is 37.4 Å². The van der Waals surface area contributed by atoms with Crippen LogP contribution in [-0.4, -0.2) is 38.7 Å². The molecule has 0 atom stereocenters. The van der Waals surface area contributed by atoms with Gasteiger partial charge in [0, 0.05) is 18.7 Å². The van der Waals surface area contributed by atoms with Crippen molar-refractivity contribution in [3.05, 3.63) is 59.1 Å². The number of pyridine rings is 1. The van der Waals surface area contributed by atoms with Crippen LogP contribution >= 0.6 is 0 Å². The molecule has 10 heteroatoms. The maximum Gasteiger partial charge on any atom is 0.405 e. The van der Waals surface area contributed by atoms with Gasteiger partial charge < -0.3 is 24.7 Å². The quantitative estimate of drug-likeness (QED) is 0.391. The van der Waals surface area contributed by atoms with Gasteiger partial charge in [-0.1, -0.05) is 6.07 Å². The third-order valence-corrected chi connectivity index (χ3v) is 3.55. The lowest BCUT2D eigenvalue weighted by atomic mass is 10.1. The van der Waals surface area contributed by atoms with E-state index in [1.54, 1.807) is 6.07 Å². The minimum Gasteiger partial charge on any atom is -0.618 e. The highest BCUT2D eigenvalue weighted by Crippen LogP contribution is 2.29. The monoisotopic (exact) mass is 396 g/mol. The number of esters is 1. The molecule has 0 fully saturated rings. The van der Waals surface area contributed by atoms with Crippen molar-refractivity contribution in [3.8, 4) is 11.5 Å². The van der Waals surface area contributed by atoms with Crippen molar-refractivity contribution in [2.45, 2.75) is 13.0 Å². The zero-order chi connectivity index (χ0) is 20.5. The van der Waals surface area contributed by atoms with Crippen molar-refractivity contribution >= 4 is 11.9 Å². The summed E-state index contributed by atoms with van der Waals surface area (Å²) in [5.41, 5.74) is 0.487. The highest BCUT2D eigenvalue weighted by molar-refractivity contribution is 5.88. The first kappa shape index (κ1) is 20.9. The lowest BCUT2D eigenvalue weighted by Crippen LogP contribution is -2.36. The summed E-state index contributed by atoms with van der Waals surface area (Å²) in [6.07, 6.45) is 1.52. The molecule has 1 aromatic heterocycles. The molecule has 1 aromatic carbocycles. The van der Waals surface area contributed by atoms with Crippen LogP contribution in [0.1, 0.15) is 16.1 Å². The highest BCUT2D eigenvalue weighted by atomic mass is 19.3. The Balaban J connectivity index is 1.79. The Kier molecular flexibility index (Phi) is 7.49. The third-order valence-electron chi connectivity index (χ3n) is 3.55. The van der Waals surface area contributed by atoms with Crippen LogP contribution in [0, 0.1) is 5.21 Å². The molecule has 1 heterocycles. The smallest absolute Gasteiger partial charge is 0.405 e. The van der Waals surface area contributed by atoms with Crippen LogP contribution in [0.15, 0.2) is 42.6 Å². The van der Waals surface area contributed by atoms with Crippen molar-refractivity contribution in [2.24, 2.45) is 0 Å². The van der Waals surface area contributed by atoms with Gasteiger partial charge in [-0.25, -0.2) is 4.79 Å². The topological polar surface area (TPSA) is 101 Å². The summed E-state index contributed by atoms with van der Waals surface area (Å²) in [5.74, 6) is -1.41. The van der Waals surface area contributed by atoms with Gasteiger partial charge in [0.05, 0.1) is 7.11 Å². The van der Waals surface area contributed by atoms with Gasteiger partial charge in [-0.3, -0.25) is 4.79 Å². The van der Waals surface area contributed by atoms with E-state index in [9.17, 15) is 23.6 Å². The number of ether oxygens (including phenoxy) is 3. The molecule has 0 unspecified atom stereocenters. The largest absolute Gasteiger partial charge is 0.618 e. The number of benzene rings is 1. The number of halogens is 2. The van der Waals surface area contributed by atoms with Gasteiger partial charge >= 0.3 is 18.3 Å². The predicted molar refractivity (Wildman–Crippen MR) is 92.0 cm³/mol. The van der Waals surface area contributed by atoms with Gasteiger partial charge in [0.25, 0.3) is 5.91 Å². The maximum absolute atomic E-state index is 12.3. The molecule has 28 heavy (non-hydrogen) atoms. The zero-order valence-electron chi connectivity index (χ0n) is 14.9. The van der Waals surface area contributed by atoms with Crippen molar-refractivity contribution in [1.29, 1.82) is 0 Å². The number of methoxy groups -OCH3 is 1. The van der Waals surface area contributed by atoms with E-state index < -0.39 is 25.1 Å². The van der Waals surface area contributed by atoms with Gasteiger partial charge in [0.1, 0.15) is 0 Å². The standard InChI is InChI=1S/C18H18F2N2O6/c1-26-15-10-12(5-6-14(15)28-18(19)20)7-8-21-16(23)11-27-17(24)13-4-2-3-9-22(13)25/h2-6,9-10,18H,7-8,11H2,1H3,(H,21,23). The number of carbonyl (C=O) groups excluding carboxylic acids is 2. The third kappa shape index (κ3) is 6.08. The summed E-state index contributed by atoms with van der Waals surface area (Å²) in [7, 11) is 1.33. The lowest BCUT2D eigenvalue weighted by molar-refractivity contribution is -0.608. The average molecular weight is 396 g/mol.